The molecule has 0 saturated carbocycles. The summed E-state index contributed by atoms with van der Waals surface area (Å²) >= 11 is 0. The molecule has 0 amide bonds. The molecule has 0 aliphatic carbocycles. The van der Waals surface area contributed by atoms with E-state index in [-0.39, 0.29) is 0 Å². The third-order valence-corrected chi connectivity index (χ3v) is 2.70. The van der Waals surface area contributed by atoms with E-state index in [9.17, 15) is 0 Å². The van der Waals surface area contributed by atoms with E-state index in [1.807, 2.05) is 28.9 Å². The van der Waals surface area contributed by atoms with Crippen LogP contribution in [0.25, 0.3) is 11.4 Å². The van der Waals surface area contributed by atoms with Crippen molar-refractivity contribution in [3.63, 3.8) is 0 Å². The first-order chi connectivity index (χ1) is 8.29. The van der Waals surface area contributed by atoms with Gasteiger partial charge in [0.15, 0.2) is 5.82 Å². The summed E-state index contributed by atoms with van der Waals surface area (Å²) in [7, 11) is 0. The lowest BCUT2D eigenvalue weighted by molar-refractivity contribution is 0.553. The number of unbranched alkanes of at least 4 members (excludes halogenated alkanes) is 2. The van der Waals surface area contributed by atoms with E-state index in [2.05, 4.69) is 17.0 Å². The van der Waals surface area contributed by atoms with E-state index < -0.39 is 0 Å². The second kappa shape index (κ2) is 5.48. The van der Waals surface area contributed by atoms with Gasteiger partial charge in [-0.3, -0.25) is 4.68 Å². The standard InChI is InChI=1S/C13H18N4/c1-2-3-4-9-17-10-15-13(16-17)11-5-7-12(14)8-6-11/h5-8,10H,2-4,9,14H2,1H3. The van der Waals surface area contributed by atoms with E-state index in [0.29, 0.717) is 0 Å². The highest BCUT2D eigenvalue weighted by molar-refractivity contribution is 5.57. The molecule has 0 radical (unpaired) electrons. The van der Waals surface area contributed by atoms with Gasteiger partial charge in [-0.25, -0.2) is 4.98 Å². The smallest absolute Gasteiger partial charge is 0.181 e. The second-order valence-electron chi connectivity index (χ2n) is 4.16. The molecule has 0 aliphatic rings. The molecular weight excluding hydrogens is 212 g/mol. The Balaban J connectivity index is 2.04. The fourth-order valence-electron chi connectivity index (χ4n) is 1.69. The van der Waals surface area contributed by atoms with Crippen LogP contribution in [0.15, 0.2) is 30.6 Å². The molecule has 0 fully saturated rings. The average molecular weight is 230 g/mol. The maximum atomic E-state index is 5.64. The molecule has 0 bridgehead atoms. The van der Waals surface area contributed by atoms with E-state index in [0.717, 1.165) is 30.0 Å². The summed E-state index contributed by atoms with van der Waals surface area (Å²) in [4.78, 5) is 4.31. The van der Waals surface area contributed by atoms with E-state index in [4.69, 9.17) is 5.73 Å². The topological polar surface area (TPSA) is 56.7 Å². The molecule has 1 heterocycles. The zero-order chi connectivity index (χ0) is 12.1. The Morgan fingerprint density at radius 3 is 2.65 bits per heavy atom. The average Bonchev–Trinajstić information content (AvgIpc) is 2.79. The molecule has 90 valence electrons. The Labute approximate surface area is 101 Å². The van der Waals surface area contributed by atoms with Crippen LogP contribution in [0.1, 0.15) is 26.2 Å². The summed E-state index contributed by atoms with van der Waals surface area (Å²) in [5.41, 5.74) is 7.41. The van der Waals surface area contributed by atoms with Crippen molar-refractivity contribution in [1.82, 2.24) is 14.8 Å². The number of nitrogens with zero attached hydrogens (tertiary/aromatic N) is 3. The molecule has 17 heavy (non-hydrogen) atoms. The number of hydrogen-bond acceptors (Lipinski definition) is 3. The SMILES string of the molecule is CCCCCn1cnc(-c2ccc(N)cc2)n1. The molecule has 0 spiro atoms. The van der Waals surface area contributed by atoms with Gasteiger partial charge in [-0.05, 0) is 30.7 Å². The van der Waals surface area contributed by atoms with E-state index in [1.165, 1.54) is 12.8 Å². The molecule has 2 aromatic rings. The third kappa shape index (κ3) is 3.06. The van der Waals surface area contributed by atoms with Crippen LogP contribution in [-0.4, -0.2) is 14.8 Å². The predicted octanol–water partition coefficient (Wildman–Crippen LogP) is 2.72. The summed E-state index contributed by atoms with van der Waals surface area (Å²) < 4.78 is 1.90. The van der Waals surface area contributed by atoms with Gasteiger partial charge in [0.1, 0.15) is 6.33 Å². The molecular formula is C13H18N4. The number of nitrogens with two attached hydrogens (primary N) is 1. The van der Waals surface area contributed by atoms with Crippen molar-refractivity contribution >= 4 is 5.69 Å². The fraction of sp³-hybridized carbons (Fsp3) is 0.385. The molecule has 4 nitrogen and oxygen atoms in total. The molecule has 4 heteroatoms. The van der Waals surface area contributed by atoms with Gasteiger partial charge in [-0.15, -0.1) is 0 Å². The highest BCUT2D eigenvalue weighted by atomic mass is 15.3. The van der Waals surface area contributed by atoms with Crippen molar-refractivity contribution < 1.29 is 0 Å². The number of aryl methyl sites for hydroxylation is 1. The molecule has 0 unspecified atom stereocenters. The van der Waals surface area contributed by atoms with Crippen molar-refractivity contribution in [1.29, 1.82) is 0 Å². The normalized spacial score (nSPS) is 10.6. The highest BCUT2D eigenvalue weighted by Gasteiger charge is 2.03. The predicted molar refractivity (Wildman–Crippen MR) is 69.4 cm³/mol. The van der Waals surface area contributed by atoms with E-state index in [1.54, 1.807) is 6.33 Å². The number of hydrogen-bond donors (Lipinski definition) is 1. The monoisotopic (exact) mass is 230 g/mol. The van der Waals surface area contributed by atoms with Crippen molar-refractivity contribution in [3.8, 4) is 11.4 Å². The number of aromatic nitrogens is 3. The Bertz CT molecular complexity index is 459. The summed E-state index contributed by atoms with van der Waals surface area (Å²) in [5.74, 6) is 0.765. The zero-order valence-electron chi connectivity index (χ0n) is 10.1. The largest absolute Gasteiger partial charge is 0.399 e. The van der Waals surface area contributed by atoms with Crippen LogP contribution in [0.5, 0.6) is 0 Å². The third-order valence-electron chi connectivity index (χ3n) is 2.70. The zero-order valence-corrected chi connectivity index (χ0v) is 10.1. The van der Waals surface area contributed by atoms with Crippen LogP contribution in [0.3, 0.4) is 0 Å². The molecule has 0 saturated heterocycles. The van der Waals surface area contributed by atoms with Crippen molar-refractivity contribution in [2.45, 2.75) is 32.7 Å². The summed E-state index contributed by atoms with van der Waals surface area (Å²) in [6.45, 7) is 3.14. The van der Waals surface area contributed by atoms with Gasteiger partial charge in [0, 0.05) is 17.8 Å². The Hall–Kier alpha value is -1.84. The lowest BCUT2D eigenvalue weighted by atomic mass is 10.2. The van der Waals surface area contributed by atoms with Gasteiger partial charge in [0.25, 0.3) is 0 Å². The highest BCUT2D eigenvalue weighted by Crippen LogP contribution is 2.15. The molecule has 2 rings (SSSR count). The number of anilines is 1. The van der Waals surface area contributed by atoms with Crippen molar-refractivity contribution in [2.75, 3.05) is 5.73 Å². The summed E-state index contributed by atoms with van der Waals surface area (Å²) in [5, 5.41) is 4.45. The van der Waals surface area contributed by atoms with Gasteiger partial charge < -0.3 is 5.73 Å². The van der Waals surface area contributed by atoms with Crippen LogP contribution in [0.4, 0.5) is 5.69 Å². The molecule has 0 atom stereocenters. The number of benzene rings is 1. The van der Waals surface area contributed by atoms with Gasteiger partial charge in [0.2, 0.25) is 0 Å². The lowest BCUT2D eigenvalue weighted by Gasteiger charge is -1.99. The van der Waals surface area contributed by atoms with Crippen LogP contribution in [0, 0.1) is 0 Å². The lowest BCUT2D eigenvalue weighted by Crippen LogP contribution is -1.98. The minimum absolute atomic E-state index is 0.760. The van der Waals surface area contributed by atoms with Gasteiger partial charge in [-0.2, -0.15) is 5.10 Å². The molecule has 1 aromatic carbocycles. The first kappa shape index (κ1) is 11.6. The van der Waals surface area contributed by atoms with Gasteiger partial charge in [0.05, 0.1) is 0 Å². The minimum atomic E-state index is 0.760. The van der Waals surface area contributed by atoms with Crippen molar-refractivity contribution in [2.24, 2.45) is 0 Å². The molecule has 1 aromatic heterocycles. The second-order valence-corrected chi connectivity index (χ2v) is 4.16. The Morgan fingerprint density at radius 1 is 1.18 bits per heavy atom. The van der Waals surface area contributed by atoms with Crippen LogP contribution in [0.2, 0.25) is 0 Å². The Morgan fingerprint density at radius 2 is 1.94 bits per heavy atom. The van der Waals surface area contributed by atoms with Crippen LogP contribution >= 0.6 is 0 Å². The maximum Gasteiger partial charge on any atom is 0.181 e. The summed E-state index contributed by atoms with van der Waals surface area (Å²) in [6, 6.07) is 7.63. The number of nitrogen functional groups attached to an aromatic ring is 1. The fourth-order valence-corrected chi connectivity index (χ4v) is 1.69. The Kier molecular flexibility index (Phi) is 3.75. The minimum Gasteiger partial charge on any atom is -0.399 e. The first-order valence-corrected chi connectivity index (χ1v) is 6.05. The van der Waals surface area contributed by atoms with Crippen LogP contribution < -0.4 is 5.73 Å². The quantitative estimate of drug-likeness (QED) is 0.634. The first-order valence-electron chi connectivity index (χ1n) is 6.05. The summed E-state index contributed by atoms with van der Waals surface area (Å²) in [6.07, 6.45) is 5.40. The maximum absolute atomic E-state index is 5.64. The van der Waals surface area contributed by atoms with Crippen LogP contribution in [-0.2, 0) is 6.54 Å². The number of rotatable bonds is 5. The van der Waals surface area contributed by atoms with Crippen molar-refractivity contribution in [3.05, 3.63) is 30.6 Å². The van der Waals surface area contributed by atoms with Gasteiger partial charge >= 0.3 is 0 Å². The molecule has 0 aliphatic heterocycles. The molecule has 2 N–H and O–H groups in total. The van der Waals surface area contributed by atoms with E-state index >= 15 is 0 Å². The van der Waals surface area contributed by atoms with Gasteiger partial charge in [-0.1, -0.05) is 19.8 Å².